The Morgan fingerprint density at radius 3 is 2.48 bits per heavy atom. The van der Waals surface area contributed by atoms with E-state index in [4.69, 9.17) is 0 Å². The monoisotopic (exact) mass is 353 g/mol. The van der Waals surface area contributed by atoms with Crippen molar-refractivity contribution in [2.24, 2.45) is 0 Å². The zero-order chi connectivity index (χ0) is 17.2. The lowest BCUT2D eigenvalue weighted by Crippen LogP contribution is -2.21. The van der Waals surface area contributed by atoms with Crippen LogP contribution in [0, 0.1) is 0 Å². The number of rotatable bonds is 6. The minimum atomic E-state index is 0.379. The highest BCUT2D eigenvalue weighted by Crippen LogP contribution is 2.26. The Kier molecular flexibility index (Phi) is 4.63. The molecule has 0 unspecified atom stereocenters. The molecule has 0 aliphatic heterocycles. The molecule has 2 heterocycles. The summed E-state index contributed by atoms with van der Waals surface area (Å²) in [7, 11) is 0. The summed E-state index contributed by atoms with van der Waals surface area (Å²) in [5.74, 6) is 0.829. The van der Waals surface area contributed by atoms with E-state index in [2.05, 4.69) is 74.6 Å². The fourth-order valence-electron chi connectivity index (χ4n) is 3.37. The fourth-order valence-corrected chi connectivity index (χ4v) is 4.21. The third-order valence-corrected chi connectivity index (χ3v) is 5.93. The Bertz CT molecular complexity index is 846. The molecular weight excluding hydrogens is 330 g/mol. The molecule has 0 saturated heterocycles. The van der Waals surface area contributed by atoms with E-state index in [1.54, 1.807) is 11.9 Å². The molecule has 130 valence electrons. The molecule has 0 saturated carbocycles. The van der Waals surface area contributed by atoms with Crippen molar-refractivity contribution >= 4 is 23.5 Å². The Labute approximate surface area is 152 Å². The Balaban J connectivity index is 1.54. The molecule has 3 aromatic rings. The van der Waals surface area contributed by atoms with E-state index in [9.17, 15) is 0 Å². The molecule has 4 rings (SSSR count). The van der Waals surface area contributed by atoms with Gasteiger partial charge in [-0.15, -0.1) is 10.2 Å². The molecule has 0 amide bonds. The van der Waals surface area contributed by atoms with Crippen LogP contribution in [0.25, 0.3) is 5.65 Å². The van der Waals surface area contributed by atoms with Crippen LogP contribution < -0.4 is 5.32 Å². The molecule has 5 nitrogen and oxygen atoms in total. The van der Waals surface area contributed by atoms with Gasteiger partial charge in [-0.3, -0.25) is 4.40 Å². The van der Waals surface area contributed by atoms with Gasteiger partial charge in [-0.2, -0.15) is 0 Å². The number of hydrogen-bond donors (Lipinski definition) is 1. The molecule has 0 fully saturated rings. The summed E-state index contributed by atoms with van der Waals surface area (Å²) >= 11 is 1.78. The standard InChI is InChI=1S/C19H23N5S/c1-3-23(4-2)25-17-9-10-18-21-22-19(24(18)13-17)20-16-11-14-7-5-6-8-15(14)12-16/h5-10,13,16H,3-4,11-12H2,1-2H3,(H,20,22). The molecule has 1 aliphatic carbocycles. The molecule has 1 aliphatic rings. The topological polar surface area (TPSA) is 45.5 Å². The Morgan fingerprint density at radius 1 is 1.08 bits per heavy atom. The molecule has 6 heteroatoms. The van der Waals surface area contributed by atoms with Crippen molar-refractivity contribution in [2.75, 3.05) is 18.4 Å². The first kappa shape index (κ1) is 16.4. The van der Waals surface area contributed by atoms with Crippen molar-refractivity contribution in [3.05, 3.63) is 53.7 Å². The van der Waals surface area contributed by atoms with Gasteiger partial charge in [0, 0.05) is 30.2 Å². The molecule has 0 spiro atoms. The lowest BCUT2D eigenvalue weighted by molar-refractivity contribution is 0.525. The Hall–Kier alpha value is -2.05. The number of nitrogens with one attached hydrogen (secondary N) is 1. The van der Waals surface area contributed by atoms with Gasteiger partial charge >= 0.3 is 0 Å². The maximum absolute atomic E-state index is 4.36. The molecule has 1 aromatic carbocycles. The van der Waals surface area contributed by atoms with Gasteiger partial charge in [-0.1, -0.05) is 38.1 Å². The van der Waals surface area contributed by atoms with Crippen molar-refractivity contribution in [2.45, 2.75) is 37.6 Å². The number of nitrogens with zero attached hydrogens (tertiary/aromatic N) is 4. The van der Waals surface area contributed by atoms with Crippen LogP contribution in [0.4, 0.5) is 5.95 Å². The molecule has 1 N–H and O–H groups in total. The minimum absolute atomic E-state index is 0.379. The van der Waals surface area contributed by atoms with Gasteiger partial charge in [0.2, 0.25) is 5.95 Å². The Morgan fingerprint density at radius 2 is 1.80 bits per heavy atom. The summed E-state index contributed by atoms with van der Waals surface area (Å²) in [5, 5.41) is 12.2. The van der Waals surface area contributed by atoms with Gasteiger partial charge in [-0.05, 0) is 48.0 Å². The summed E-state index contributed by atoms with van der Waals surface area (Å²) in [5.41, 5.74) is 3.75. The van der Waals surface area contributed by atoms with Crippen LogP contribution in [0.15, 0.2) is 47.5 Å². The summed E-state index contributed by atoms with van der Waals surface area (Å²) in [4.78, 5) is 1.20. The summed E-state index contributed by atoms with van der Waals surface area (Å²) in [6.45, 7) is 6.40. The van der Waals surface area contributed by atoms with Gasteiger partial charge in [-0.25, -0.2) is 4.31 Å². The van der Waals surface area contributed by atoms with Crippen molar-refractivity contribution in [3.8, 4) is 0 Å². The lowest BCUT2D eigenvalue weighted by atomic mass is 10.1. The SMILES string of the molecule is CCN(CC)Sc1ccc2nnc(NC3Cc4ccccc4C3)n2c1. The zero-order valence-electron chi connectivity index (χ0n) is 14.6. The molecular formula is C19H23N5S. The van der Waals surface area contributed by atoms with Gasteiger partial charge < -0.3 is 5.32 Å². The van der Waals surface area contributed by atoms with E-state index in [-0.39, 0.29) is 0 Å². The fraction of sp³-hybridized carbons (Fsp3) is 0.368. The number of anilines is 1. The average Bonchev–Trinajstić information content (AvgIpc) is 3.23. The number of fused-ring (bicyclic) bond motifs is 2. The molecule has 0 radical (unpaired) electrons. The predicted molar refractivity (Wildman–Crippen MR) is 103 cm³/mol. The summed E-state index contributed by atoms with van der Waals surface area (Å²) in [6.07, 6.45) is 4.21. The van der Waals surface area contributed by atoms with Crippen molar-refractivity contribution in [1.29, 1.82) is 0 Å². The summed E-state index contributed by atoms with van der Waals surface area (Å²) in [6, 6.07) is 13.2. The third-order valence-electron chi connectivity index (χ3n) is 4.70. The first-order chi connectivity index (χ1) is 12.3. The van der Waals surface area contributed by atoms with Crippen molar-refractivity contribution < 1.29 is 0 Å². The van der Waals surface area contributed by atoms with Crippen LogP contribution >= 0.6 is 11.9 Å². The van der Waals surface area contributed by atoms with Gasteiger partial charge in [0.05, 0.1) is 0 Å². The van der Waals surface area contributed by atoms with Crippen LogP contribution in [-0.4, -0.2) is 38.0 Å². The lowest BCUT2D eigenvalue weighted by Gasteiger charge is -2.17. The summed E-state index contributed by atoms with van der Waals surface area (Å²) < 4.78 is 4.39. The second-order valence-electron chi connectivity index (χ2n) is 6.34. The zero-order valence-corrected chi connectivity index (χ0v) is 15.5. The van der Waals surface area contributed by atoms with Gasteiger partial charge in [0.15, 0.2) is 5.65 Å². The highest BCUT2D eigenvalue weighted by molar-refractivity contribution is 7.97. The van der Waals surface area contributed by atoms with E-state index in [1.165, 1.54) is 16.0 Å². The highest BCUT2D eigenvalue weighted by Gasteiger charge is 2.22. The number of benzene rings is 1. The molecule has 0 atom stereocenters. The smallest absolute Gasteiger partial charge is 0.229 e. The van der Waals surface area contributed by atoms with Gasteiger partial charge in [0.1, 0.15) is 0 Å². The van der Waals surface area contributed by atoms with Crippen LogP contribution in [0.2, 0.25) is 0 Å². The van der Waals surface area contributed by atoms with Crippen molar-refractivity contribution in [1.82, 2.24) is 18.9 Å². The van der Waals surface area contributed by atoms with Gasteiger partial charge in [0.25, 0.3) is 0 Å². The first-order valence-electron chi connectivity index (χ1n) is 8.87. The quantitative estimate of drug-likeness (QED) is 0.685. The maximum Gasteiger partial charge on any atom is 0.229 e. The number of pyridine rings is 1. The molecule has 2 aromatic heterocycles. The predicted octanol–water partition coefficient (Wildman–Crippen LogP) is 3.66. The average molecular weight is 353 g/mol. The van der Waals surface area contributed by atoms with E-state index < -0.39 is 0 Å². The van der Waals surface area contributed by atoms with Crippen molar-refractivity contribution in [3.63, 3.8) is 0 Å². The van der Waals surface area contributed by atoms with Crippen LogP contribution in [0.1, 0.15) is 25.0 Å². The normalized spacial score (nSPS) is 14.4. The second kappa shape index (κ2) is 7.06. The van der Waals surface area contributed by atoms with Crippen LogP contribution in [-0.2, 0) is 12.8 Å². The van der Waals surface area contributed by atoms with E-state index in [1.807, 2.05) is 6.07 Å². The molecule has 0 bridgehead atoms. The first-order valence-corrected chi connectivity index (χ1v) is 9.65. The van der Waals surface area contributed by atoms with Crippen LogP contribution in [0.5, 0.6) is 0 Å². The number of aromatic nitrogens is 3. The number of hydrogen-bond acceptors (Lipinski definition) is 5. The molecule has 25 heavy (non-hydrogen) atoms. The third kappa shape index (κ3) is 3.37. The van der Waals surface area contributed by atoms with E-state index >= 15 is 0 Å². The largest absolute Gasteiger partial charge is 0.351 e. The maximum atomic E-state index is 4.36. The highest BCUT2D eigenvalue weighted by atomic mass is 32.2. The van der Waals surface area contributed by atoms with E-state index in [0.29, 0.717) is 6.04 Å². The minimum Gasteiger partial charge on any atom is -0.351 e. The van der Waals surface area contributed by atoms with E-state index in [0.717, 1.165) is 37.5 Å². The second-order valence-corrected chi connectivity index (χ2v) is 7.51. The van der Waals surface area contributed by atoms with Crippen LogP contribution in [0.3, 0.4) is 0 Å².